The van der Waals surface area contributed by atoms with Gasteiger partial charge in [-0.05, 0) is 64.2 Å². The number of hydrogen-bond acceptors (Lipinski definition) is 2. The Morgan fingerprint density at radius 3 is 2.52 bits per heavy atom. The molecule has 0 saturated carbocycles. The summed E-state index contributed by atoms with van der Waals surface area (Å²) >= 11 is 0. The predicted molar refractivity (Wildman–Crippen MR) is 104 cm³/mol. The number of aromatic hydroxyl groups is 1. The number of allylic oxidation sites excluding steroid dienone is 2. The average Bonchev–Trinajstić information content (AvgIpc) is 2.49. The molecule has 1 aliphatic heterocycles. The van der Waals surface area contributed by atoms with Gasteiger partial charge in [0.05, 0.1) is 0 Å². The first-order valence-electron chi connectivity index (χ1n) is 9.88. The summed E-state index contributed by atoms with van der Waals surface area (Å²) in [4.78, 5) is 0. The SMILES string of the molecule is CCCCCc1cc(O)c2c(c1)OC(C)(C)[C@]1(C)CCC(C)=C[C@@]21C. The fourth-order valence-corrected chi connectivity index (χ4v) is 5.08. The topological polar surface area (TPSA) is 29.5 Å². The molecule has 1 aliphatic carbocycles. The second-order valence-electron chi connectivity index (χ2n) is 9.08. The third-order valence-electron chi connectivity index (χ3n) is 7.12. The Morgan fingerprint density at radius 2 is 1.84 bits per heavy atom. The van der Waals surface area contributed by atoms with E-state index in [0.717, 1.165) is 37.0 Å². The first-order valence-corrected chi connectivity index (χ1v) is 9.88. The first-order chi connectivity index (χ1) is 11.6. The van der Waals surface area contributed by atoms with Crippen LogP contribution in [0.3, 0.4) is 0 Å². The molecular weight excluding hydrogens is 308 g/mol. The zero-order valence-electron chi connectivity index (χ0n) is 16.8. The summed E-state index contributed by atoms with van der Waals surface area (Å²) in [5, 5.41) is 11.0. The average molecular weight is 343 g/mol. The maximum absolute atomic E-state index is 11.0. The third kappa shape index (κ3) is 2.69. The van der Waals surface area contributed by atoms with Crippen molar-refractivity contribution in [1.82, 2.24) is 0 Å². The predicted octanol–water partition coefficient (Wildman–Crippen LogP) is 6.30. The van der Waals surface area contributed by atoms with Gasteiger partial charge in [0.2, 0.25) is 0 Å². The van der Waals surface area contributed by atoms with Gasteiger partial charge >= 0.3 is 0 Å². The highest BCUT2D eigenvalue weighted by molar-refractivity contribution is 5.58. The van der Waals surface area contributed by atoms with Crippen LogP contribution in [0, 0.1) is 5.41 Å². The van der Waals surface area contributed by atoms with E-state index < -0.39 is 0 Å². The normalized spacial score (nSPS) is 30.1. The molecule has 1 aromatic rings. The maximum atomic E-state index is 11.0. The highest BCUT2D eigenvalue weighted by Crippen LogP contribution is 2.63. The summed E-state index contributed by atoms with van der Waals surface area (Å²) in [6.07, 6.45) is 9.16. The van der Waals surface area contributed by atoms with Crippen LogP contribution >= 0.6 is 0 Å². The maximum Gasteiger partial charge on any atom is 0.128 e. The molecule has 0 spiro atoms. The number of ether oxygens (including phenoxy) is 1. The van der Waals surface area contributed by atoms with Crippen molar-refractivity contribution >= 4 is 0 Å². The minimum atomic E-state index is -0.277. The number of hydrogen-bond donors (Lipinski definition) is 1. The molecule has 138 valence electrons. The molecule has 2 atom stereocenters. The van der Waals surface area contributed by atoms with Crippen LogP contribution in [-0.4, -0.2) is 10.7 Å². The molecule has 0 aromatic heterocycles. The molecule has 1 heterocycles. The minimum absolute atomic E-state index is 0.0479. The molecule has 2 nitrogen and oxygen atoms in total. The van der Waals surface area contributed by atoms with E-state index in [1.165, 1.54) is 24.0 Å². The Hall–Kier alpha value is -1.44. The van der Waals surface area contributed by atoms with E-state index in [-0.39, 0.29) is 16.4 Å². The lowest BCUT2D eigenvalue weighted by atomic mass is 9.49. The van der Waals surface area contributed by atoms with Gasteiger partial charge in [0.25, 0.3) is 0 Å². The first kappa shape index (κ1) is 18.4. The van der Waals surface area contributed by atoms with Crippen LogP contribution < -0.4 is 4.74 Å². The monoisotopic (exact) mass is 342 g/mol. The highest BCUT2D eigenvalue weighted by Gasteiger charge is 2.60. The van der Waals surface area contributed by atoms with Crippen molar-refractivity contribution in [2.45, 2.75) is 91.1 Å². The molecule has 0 fully saturated rings. The van der Waals surface area contributed by atoms with E-state index in [0.29, 0.717) is 5.75 Å². The summed E-state index contributed by atoms with van der Waals surface area (Å²) in [6.45, 7) is 13.5. The lowest BCUT2D eigenvalue weighted by molar-refractivity contribution is -0.0868. The van der Waals surface area contributed by atoms with Crippen LogP contribution in [0.5, 0.6) is 11.5 Å². The Morgan fingerprint density at radius 1 is 1.12 bits per heavy atom. The molecule has 2 heteroatoms. The summed E-state index contributed by atoms with van der Waals surface area (Å²) in [5.74, 6) is 1.28. The number of benzene rings is 1. The summed E-state index contributed by atoms with van der Waals surface area (Å²) in [6, 6.07) is 4.15. The Labute approximate surface area is 153 Å². The molecule has 3 rings (SSSR count). The lowest BCUT2D eigenvalue weighted by Gasteiger charge is -2.60. The van der Waals surface area contributed by atoms with Crippen LogP contribution in [0.15, 0.2) is 23.8 Å². The van der Waals surface area contributed by atoms with Gasteiger partial charge in [0.15, 0.2) is 0 Å². The Bertz CT molecular complexity index is 700. The molecule has 0 amide bonds. The quantitative estimate of drug-likeness (QED) is 0.514. The van der Waals surface area contributed by atoms with Gasteiger partial charge in [-0.25, -0.2) is 0 Å². The second-order valence-corrected chi connectivity index (χ2v) is 9.08. The van der Waals surface area contributed by atoms with Crippen LogP contribution in [0.4, 0.5) is 0 Å². The van der Waals surface area contributed by atoms with Gasteiger partial charge in [-0.2, -0.15) is 0 Å². The molecule has 25 heavy (non-hydrogen) atoms. The van der Waals surface area contributed by atoms with Gasteiger partial charge in [-0.3, -0.25) is 0 Å². The number of aryl methyl sites for hydroxylation is 1. The Balaban J connectivity index is 2.14. The van der Waals surface area contributed by atoms with Gasteiger partial charge < -0.3 is 9.84 Å². The van der Waals surface area contributed by atoms with Gasteiger partial charge in [-0.1, -0.05) is 45.3 Å². The number of unbranched alkanes of at least 4 members (excludes halogenated alkanes) is 2. The third-order valence-corrected chi connectivity index (χ3v) is 7.12. The van der Waals surface area contributed by atoms with E-state index in [4.69, 9.17) is 4.74 Å². The van der Waals surface area contributed by atoms with E-state index in [1.54, 1.807) is 0 Å². The second kappa shape index (κ2) is 6.07. The number of rotatable bonds is 4. The zero-order chi connectivity index (χ0) is 18.5. The van der Waals surface area contributed by atoms with E-state index >= 15 is 0 Å². The van der Waals surface area contributed by atoms with E-state index in [2.05, 4.69) is 53.7 Å². The van der Waals surface area contributed by atoms with Crippen LogP contribution in [-0.2, 0) is 11.8 Å². The lowest BCUT2D eigenvalue weighted by Crippen LogP contribution is -2.60. The molecule has 0 bridgehead atoms. The van der Waals surface area contributed by atoms with Crippen LogP contribution in [0.1, 0.15) is 84.8 Å². The van der Waals surface area contributed by atoms with Crippen LogP contribution in [0.2, 0.25) is 0 Å². The number of phenols is 1. The number of phenolic OH excluding ortho intramolecular Hbond substituents is 1. The smallest absolute Gasteiger partial charge is 0.128 e. The van der Waals surface area contributed by atoms with Crippen molar-refractivity contribution < 1.29 is 9.84 Å². The van der Waals surface area contributed by atoms with Crippen molar-refractivity contribution in [3.05, 3.63) is 34.9 Å². The van der Waals surface area contributed by atoms with Crippen molar-refractivity contribution in [2.24, 2.45) is 5.41 Å². The van der Waals surface area contributed by atoms with E-state index in [9.17, 15) is 5.11 Å². The van der Waals surface area contributed by atoms with Crippen molar-refractivity contribution in [1.29, 1.82) is 0 Å². The molecule has 1 N–H and O–H groups in total. The van der Waals surface area contributed by atoms with Gasteiger partial charge in [0.1, 0.15) is 17.1 Å². The fraction of sp³-hybridized carbons (Fsp3) is 0.652. The minimum Gasteiger partial charge on any atom is -0.507 e. The summed E-state index contributed by atoms with van der Waals surface area (Å²) in [5.41, 5.74) is 3.04. The van der Waals surface area contributed by atoms with Crippen molar-refractivity contribution in [3.8, 4) is 11.5 Å². The molecule has 1 aromatic carbocycles. The largest absolute Gasteiger partial charge is 0.507 e. The van der Waals surface area contributed by atoms with Gasteiger partial charge in [-0.15, -0.1) is 0 Å². The standard InChI is InChI=1S/C23H34O2/c1-7-8-9-10-17-13-18(24)20-19(14-17)25-21(3,4)23(6)12-11-16(2)15-22(20,23)5/h13-15,24H,7-12H2,1-6H3/t22-,23-/m0/s1. The molecular formula is C23H34O2. The molecule has 2 aliphatic rings. The highest BCUT2D eigenvalue weighted by atomic mass is 16.5. The van der Waals surface area contributed by atoms with Crippen LogP contribution in [0.25, 0.3) is 0 Å². The Kier molecular flexibility index (Phi) is 4.46. The molecule has 0 unspecified atom stereocenters. The van der Waals surface area contributed by atoms with Crippen molar-refractivity contribution in [2.75, 3.05) is 0 Å². The summed E-state index contributed by atoms with van der Waals surface area (Å²) in [7, 11) is 0. The van der Waals surface area contributed by atoms with Crippen molar-refractivity contribution in [3.63, 3.8) is 0 Å². The molecule has 0 radical (unpaired) electrons. The zero-order valence-corrected chi connectivity index (χ0v) is 16.8. The summed E-state index contributed by atoms with van der Waals surface area (Å²) < 4.78 is 6.53. The molecule has 0 saturated heterocycles. The van der Waals surface area contributed by atoms with E-state index in [1.807, 2.05) is 6.07 Å². The van der Waals surface area contributed by atoms with Gasteiger partial charge in [0, 0.05) is 16.4 Å². The fourth-order valence-electron chi connectivity index (χ4n) is 5.08. The number of fused-ring (bicyclic) bond motifs is 3.